The number of hydrogen-bond donors (Lipinski definition) is 0. The Hall–Kier alpha value is -0.263. The average molecular weight is 186 g/mol. The Morgan fingerprint density at radius 2 is 1.93 bits per heavy atom. The molecule has 14 heavy (non-hydrogen) atoms. The molecule has 0 amide bonds. The summed E-state index contributed by atoms with van der Waals surface area (Å²) in [6.07, 6.45) is 0.911. The van der Waals surface area contributed by atoms with Gasteiger partial charge in [-0.05, 0) is 5.56 Å². The van der Waals surface area contributed by atoms with Gasteiger partial charge in [0.25, 0.3) is 0 Å². The number of hydrogen-bond acceptors (Lipinski definition) is 2. The van der Waals surface area contributed by atoms with E-state index in [9.17, 15) is 0 Å². The van der Waals surface area contributed by atoms with Gasteiger partial charge in [-0.25, -0.2) is 6.61 Å². The van der Waals surface area contributed by atoms with Crippen molar-refractivity contribution in [2.24, 2.45) is 0 Å². The molecule has 0 saturated heterocycles. The Morgan fingerprint density at radius 3 is 2.57 bits per heavy atom. The first-order valence-corrected chi connectivity index (χ1v) is 4.48. The number of ether oxygens (including phenoxy) is 2. The normalized spacial score (nSPS) is 9.50. The van der Waals surface area contributed by atoms with E-state index in [1.165, 1.54) is 5.56 Å². The Morgan fingerprint density at radius 1 is 1.21 bits per heavy atom. The van der Waals surface area contributed by atoms with E-state index in [1.54, 1.807) is 6.61 Å². The second kappa shape index (κ2) is 9.30. The van der Waals surface area contributed by atoms with Gasteiger partial charge >= 0.3 is 18.9 Å². The molecule has 0 aliphatic carbocycles. The summed E-state index contributed by atoms with van der Waals surface area (Å²) in [4.78, 5) is 0. The Kier molecular flexibility index (Phi) is 9.12. The van der Waals surface area contributed by atoms with Gasteiger partial charge in [-0.3, -0.25) is 0 Å². The van der Waals surface area contributed by atoms with E-state index in [0.717, 1.165) is 6.42 Å². The summed E-state index contributed by atoms with van der Waals surface area (Å²) in [7, 11) is 0. The van der Waals surface area contributed by atoms with Gasteiger partial charge in [0, 0.05) is 0 Å². The first-order valence-electron chi connectivity index (χ1n) is 4.48. The van der Waals surface area contributed by atoms with E-state index in [2.05, 4.69) is 0 Å². The third kappa shape index (κ3) is 6.23. The minimum Gasteiger partial charge on any atom is -0.532 e. The van der Waals surface area contributed by atoms with Gasteiger partial charge in [-0.2, -0.15) is 6.42 Å². The van der Waals surface area contributed by atoms with Crippen LogP contribution >= 0.6 is 0 Å². The van der Waals surface area contributed by atoms with Gasteiger partial charge in [0.15, 0.2) is 0 Å². The van der Waals surface area contributed by atoms with E-state index in [1.807, 2.05) is 37.3 Å². The van der Waals surface area contributed by atoms with Crippen LogP contribution in [0.4, 0.5) is 0 Å². The predicted octanol–water partition coefficient (Wildman–Crippen LogP) is -0.247. The van der Waals surface area contributed by atoms with Crippen molar-refractivity contribution >= 4 is 0 Å². The molecule has 3 heteroatoms. The summed E-state index contributed by atoms with van der Waals surface area (Å²) in [5, 5.41) is 0. The van der Waals surface area contributed by atoms with Crippen molar-refractivity contribution in [3.8, 4) is 0 Å². The van der Waals surface area contributed by atoms with Crippen molar-refractivity contribution in [1.29, 1.82) is 0 Å². The average Bonchev–Trinajstić information content (AvgIpc) is 2.19. The Balaban J connectivity index is 0.00000169. The predicted molar refractivity (Wildman–Crippen MR) is 51.8 cm³/mol. The first-order chi connectivity index (χ1) is 6.43. The molecule has 0 aromatic heterocycles. The van der Waals surface area contributed by atoms with Crippen LogP contribution in [0.3, 0.4) is 0 Å². The fourth-order valence-corrected chi connectivity index (χ4v) is 0.948. The first kappa shape index (κ1) is 13.7. The number of rotatable bonds is 6. The Bertz CT molecular complexity index is 214. The van der Waals surface area contributed by atoms with Crippen LogP contribution in [0.2, 0.25) is 0 Å². The van der Waals surface area contributed by atoms with E-state index < -0.39 is 0 Å². The van der Waals surface area contributed by atoms with Gasteiger partial charge < -0.3 is 9.47 Å². The summed E-state index contributed by atoms with van der Waals surface area (Å²) < 4.78 is 10.3. The van der Waals surface area contributed by atoms with Crippen LogP contribution in [0.1, 0.15) is 18.9 Å². The van der Waals surface area contributed by atoms with Crippen LogP contribution in [0.5, 0.6) is 0 Å². The molecule has 2 nitrogen and oxygen atoms in total. The standard InChI is InChI=1S/C11H15O2.Li/c1-2-8-12-10-13-9-11-6-4-3-5-7-11;/h3-8H,2,9-10H2,1H3;/q-1;+1. The minimum atomic E-state index is 0. The third-order valence-electron chi connectivity index (χ3n) is 1.55. The summed E-state index contributed by atoms with van der Waals surface area (Å²) >= 11 is 0. The van der Waals surface area contributed by atoms with Gasteiger partial charge in [0.1, 0.15) is 6.79 Å². The zero-order valence-electron chi connectivity index (χ0n) is 8.90. The Labute approximate surface area is 97.8 Å². The van der Waals surface area contributed by atoms with Gasteiger partial charge in [0.2, 0.25) is 0 Å². The van der Waals surface area contributed by atoms with E-state index in [-0.39, 0.29) is 18.9 Å². The van der Waals surface area contributed by atoms with Crippen LogP contribution in [-0.4, -0.2) is 6.79 Å². The van der Waals surface area contributed by atoms with E-state index >= 15 is 0 Å². The molecule has 0 heterocycles. The summed E-state index contributed by atoms with van der Waals surface area (Å²) in [5.74, 6) is 0. The molecule has 0 fully saturated rings. The maximum absolute atomic E-state index is 5.27. The molecule has 0 unspecified atom stereocenters. The van der Waals surface area contributed by atoms with Crippen molar-refractivity contribution in [3.05, 3.63) is 42.5 Å². The molecule has 0 atom stereocenters. The molecular weight excluding hydrogens is 171 g/mol. The quantitative estimate of drug-likeness (QED) is 0.264. The topological polar surface area (TPSA) is 18.5 Å². The van der Waals surface area contributed by atoms with E-state index in [0.29, 0.717) is 13.4 Å². The molecule has 1 aromatic rings. The molecule has 0 N–H and O–H groups in total. The van der Waals surface area contributed by atoms with Gasteiger partial charge in [-0.1, -0.05) is 37.3 Å². The zero-order valence-corrected chi connectivity index (χ0v) is 8.90. The van der Waals surface area contributed by atoms with Crippen LogP contribution in [0.15, 0.2) is 30.3 Å². The molecule has 0 aliphatic heterocycles. The van der Waals surface area contributed by atoms with Crippen LogP contribution in [-0.2, 0) is 16.1 Å². The van der Waals surface area contributed by atoms with E-state index in [4.69, 9.17) is 9.47 Å². The summed E-state index contributed by atoms with van der Waals surface area (Å²) in [6, 6.07) is 10.0. The molecule has 1 rings (SSSR count). The second-order valence-electron chi connectivity index (χ2n) is 2.69. The smallest absolute Gasteiger partial charge is 0.532 e. The maximum atomic E-state index is 5.27. The SMILES string of the molecule is CC[CH-]OCOCc1ccccc1.[Li+]. The van der Waals surface area contributed by atoms with Crippen LogP contribution < -0.4 is 18.9 Å². The molecule has 0 spiro atoms. The maximum Gasteiger partial charge on any atom is 1.00 e. The molecule has 1 aromatic carbocycles. The van der Waals surface area contributed by atoms with Crippen molar-refractivity contribution < 1.29 is 28.3 Å². The fraction of sp³-hybridized carbons (Fsp3) is 0.364. The molecule has 72 valence electrons. The fourth-order valence-electron chi connectivity index (χ4n) is 0.948. The monoisotopic (exact) mass is 186 g/mol. The summed E-state index contributed by atoms with van der Waals surface area (Å²) in [5.41, 5.74) is 1.17. The minimum absolute atomic E-state index is 0. The van der Waals surface area contributed by atoms with Gasteiger partial charge in [-0.15, -0.1) is 0 Å². The molecule has 0 saturated carbocycles. The molecule has 0 radical (unpaired) electrons. The van der Waals surface area contributed by atoms with Crippen molar-refractivity contribution in [2.75, 3.05) is 6.79 Å². The molecule has 0 bridgehead atoms. The third-order valence-corrected chi connectivity index (χ3v) is 1.55. The van der Waals surface area contributed by atoms with Crippen LogP contribution in [0, 0.1) is 6.61 Å². The molecule has 0 aliphatic rings. The van der Waals surface area contributed by atoms with Crippen molar-refractivity contribution in [2.45, 2.75) is 20.0 Å². The van der Waals surface area contributed by atoms with Gasteiger partial charge in [0.05, 0.1) is 6.61 Å². The van der Waals surface area contributed by atoms with Crippen LogP contribution in [0.25, 0.3) is 0 Å². The summed E-state index contributed by atoms with van der Waals surface area (Å²) in [6.45, 7) is 4.71. The largest absolute Gasteiger partial charge is 1.00 e. The molecular formula is C11H15LiO2. The van der Waals surface area contributed by atoms with Crippen molar-refractivity contribution in [3.63, 3.8) is 0 Å². The second-order valence-corrected chi connectivity index (χ2v) is 2.69. The van der Waals surface area contributed by atoms with Crippen molar-refractivity contribution in [1.82, 2.24) is 0 Å². The zero-order chi connectivity index (χ0) is 9.36. The number of benzene rings is 1.